The number of nitrogens with one attached hydrogen (secondary N) is 1. The molecule has 1 atom stereocenters. The van der Waals surface area contributed by atoms with Gasteiger partial charge in [-0.15, -0.1) is 0 Å². The van der Waals surface area contributed by atoms with Crippen molar-refractivity contribution in [3.8, 4) is 0 Å². The summed E-state index contributed by atoms with van der Waals surface area (Å²) < 4.78 is 0. The zero-order valence-electron chi connectivity index (χ0n) is 9.81. The molecule has 1 aliphatic heterocycles. The first-order valence-corrected chi connectivity index (χ1v) is 6.47. The summed E-state index contributed by atoms with van der Waals surface area (Å²) in [6.07, 6.45) is 8.84. The van der Waals surface area contributed by atoms with E-state index >= 15 is 0 Å². The van der Waals surface area contributed by atoms with Crippen molar-refractivity contribution < 1.29 is 0 Å². The Morgan fingerprint density at radius 2 is 1.93 bits per heavy atom. The Bertz CT molecular complexity index is 178. The van der Waals surface area contributed by atoms with E-state index in [1.807, 2.05) is 0 Å². The Balaban J connectivity index is 1.94. The first-order valence-electron chi connectivity index (χ1n) is 6.47. The molecule has 0 amide bonds. The fourth-order valence-electron chi connectivity index (χ4n) is 3.42. The van der Waals surface area contributed by atoms with Gasteiger partial charge in [0.1, 0.15) is 0 Å². The molecule has 1 heterocycles. The van der Waals surface area contributed by atoms with Crippen LogP contribution >= 0.6 is 0 Å². The van der Waals surface area contributed by atoms with Crippen LogP contribution in [0.15, 0.2) is 0 Å². The van der Waals surface area contributed by atoms with Gasteiger partial charge in [0.05, 0.1) is 0 Å². The minimum atomic E-state index is 0.714. The molecule has 1 N–H and O–H groups in total. The molecule has 0 bridgehead atoms. The highest BCUT2D eigenvalue weighted by molar-refractivity contribution is 4.99. The fourth-order valence-corrected chi connectivity index (χ4v) is 3.42. The number of hydrogen-bond acceptors (Lipinski definition) is 1. The predicted molar refractivity (Wildman–Crippen MR) is 61.3 cm³/mol. The lowest BCUT2D eigenvalue weighted by Crippen LogP contribution is -2.57. The van der Waals surface area contributed by atoms with Gasteiger partial charge in [-0.05, 0) is 36.5 Å². The highest BCUT2D eigenvalue weighted by Gasteiger charge is 2.44. The van der Waals surface area contributed by atoms with Gasteiger partial charge in [0, 0.05) is 13.1 Å². The molecule has 1 aliphatic carbocycles. The van der Waals surface area contributed by atoms with Crippen LogP contribution in [0.25, 0.3) is 0 Å². The van der Waals surface area contributed by atoms with Crippen molar-refractivity contribution in [3.63, 3.8) is 0 Å². The minimum absolute atomic E-state index is 0.714. The third-order valence-electron chi connectivity index (χ3n) is 4.63. The molecule has 0 radical (unpaired) electrons. The first-order chi connectivity index (χ1) is 6.77. The molecule has 14 heavy (non-hydrogen) atoms. The molecule has 82 valence electrons. The van der Waals surface area contributed by atoms with Crippen LogP contribution in [-0.2, 0) is 0 Å². The van der Waals surface area contributed by atoms with Crippen LogP contribution in [0.1, 0.15) is 52.4 Å². The van der Waals surface area contributed by atoms with Crippen LogP contribution in [0.2, 0.25) is 0 Å². The fraction of sp³-hybridized carbons (Fsp3) is 1.00. The van der Waals surface area contributed by atoms with Gasteiger partial charge in [-0.1, -0.05) is 33.1 Å². The second-order valence-electron chi connectivity index (χ2n) is 5.66. The lowest BCUT2D eigenvalue weighted by Gasteiger charge is -2.49. The molecular formula is C13H25N. The van der Waals surface area contributed by atoms with Gasteiger partial charge < -0.3 is 5.32 Å². The van der Waals surface area contributed by atoms with Gasteiger partial charge in [0.15, 0.2) is 0 Å². The maximum atomic E-state index is 3.51. The Morgan fingerprint density at radius 3 is 2.36 bits per heavy atom. The maximum absolute atomic E-state index is 3.51. The maximum Gasteiger partial charge on any atom is 0.00230 e. The van der Waals surface area contributed by atoms with Crippen molar-refractivity contribution in [3.05, 3.63) is 0 Å². The first kappa shape index (κ1) is 10.5. The highest BCUT2D eigenvalue weighted by atomic mass is 15.0. The summed E-state index contributed by atoms with van der Waals surface area (Å²) in [7, 11) is 0. The van der Waals surface area contributed by atoms with Crippen molar-refractivity contribution in [2.75, 3.05) is 13.1 Å². The molecule has 1 unspecified atom stereocenters. The lowest BCUT2D eigenvalue weighted by molar-refractivity contribution is 0.0514. The molecule has 1 heteroatoms. The quantitative estimate of drug-likeness (QED) is 0.726. The van der Waals surface area contributed by atoms with Crippen molar-refractivity contribution >= 4 is 0 Å². The zero-order chi connectivity index (χ0) is 10.0. The van der Waals surface area contributed by atoms with Crippen LogP contribution in [0, 0.1) is 17.3 Å². The van der Waals surface area contributed by atoms with E-state index in [4.69, 9.17) is 0 Å². The number of hydrogen-bond donors (Lipinski definition) is 1. The summed E-state index contributed by atoms with van der Waals surface area (Å²) in [5.41, 5.74) is 0.714. The van der Waals surface area contributed by atoms with E-state index < -0.39 is 0 Å². The van der Waals surface area contributed by atoms with E-state index in [0.717, 1.165) is 11.8 Å². The van der Waals surface area contributed by atoms with Crippen LogP contribution < -0.4 is 5.32 Å². The highest BCUT2D eigenvalue weighted by Crippen LogP contribution is 2.46. The predicted octanol–water partition coefficient (Wildman–Crippen LogP) is 3.20. The average molecular weight is 195 g/mol. The zero-order valence-corrected chi connectivity index (χ0v) is 9.81. The standard InChI is InChI=1S/C13H25N/c1-3-11(2)8-13(9-14-10-13)12-6-4-5-7-12/h11-12,14H,3-10H2,1-2H3. The summed E-state index contributed by atoms with van der Waals surface area (Å²) in [5, 5.41) is 3.51. The largest absolute Gasteiger partial charge is 0.316 e. The Morgan fingerprint density at radius 1 is 1.29 bits per heavy atom. The third-order valence-corrected chi connectivity index (χ3v) is 4.63. The molecule has 2 rings (SSSR count). The third kappa shape index (κ3) is 1.84. The van der Waals surface area contributed by atoms with Gasteiger partial charge >= 0.3 is 0 Å². The Labute approximate surface area is 88.7 Å². The Kier molecular flexibility index (Phi) is 3.16. The molecule has 1 saturated carbocycles. The monoisotopic (exact) mass is 195 g/mol. The van der Waals surface area contributed by atoms with Gasteiger partial charge in [-0.3, -0.25) is 0 Å². The van der Waals surface area contributed by atoms with Gasteiger partial charge in [-0.2, -0.15) is 0 Å². The Hall–Kier alpha value is -0.0400. The van der Waals surface area contributed by atoms with Crippen LogP contribution in [-0.4, -0.2) is 13.1 Å². The molecule has 2 fully saturated rings. The second-order valence-corrected chi connectivity index (χ2v) is 5.66. The molecule has 0 aromatic heterocycles. The van der Waals surface area contributed by atoms with Crippen molar-refractivity contribution in [1.82, 2.24) is 5.32 Å². The van der Waals surface area contributed by atoms with Gasteiger partial charge in [0.2, 0.25) is 0 Å². The van der Waals surface area contributed by atoms with E-state index in [1.54, 1.807) is 0 Å². The van der Waals surface area contributed by atoms with E-state index in [2.05, 4.69) is 19.2 Å². The van der Waals surface area contributed by atoms with E-state index in [0.29, 0.717) is 5.41 Å². The molecule has 2 aliphatic rings. The second kappa shape index (κ2) is 4.22. The molecule has 0 spiro atoms. The smallest absolute Gasteiger partial charge is 0.00230 e. The minimum Gasteiger partial charge on any atom is -0.316 e. The summed E-state index contributed by atoms with van der Waals surface area (Å²) in [6, 6.07) is 0. The number of rotatable bonds is 4. The van der Waals surface area contributed by atoms with E-state index in [9.17, 15) is 0 Å². The van der Waals surface area contributed by atoms with Gasteiger partial charge in [-0.25, -0.2) is 0 Å². The van der Waals surface area contributed by atoms with Crippen LogP contribution in [0.5, 0.6) is 0 Å². The lowest BCUT2D eigenvalue weighted by atomic mass is 9.65. The molecular weight excluding hydrogens is 170 g/mol. The molecule has 0 aromatic carbocycles. The van der Waals surface area contributed by atoms with E-state index in [1.165, 1.54) is 51.6 Å². The van der Waals surface area contributed by atoms with Gasteiger partial charge in [0.25, 0.3) is 0 Å². The SMILES string of the molecule is CCC(C)CC1(C2CCCC2)CNC1. The summed E-state index contributed by atoms with van der Waals surface area (Å²) in [6.45, 7) is 7.37. The normalized spacial score (nSPS) is 28.7. The van der Waals surface area contributed by atoms with Crippen LogP contribution in [0.3, 0.4) is 0 Å². The topological polar surface area (TPSA) is 12.0 Å². The van der Waals surface area contributed by atoms with Crippen molar-refractivity contribution in [2.24, 2.45) is 17.3 Å². The van der Waals surface area contributed by atoms with Crippen LogP contribution in [0.4, 0.5) is 0 Å². The van der Waals surface area contributed by atoms with Crippen molar-refractivity contribution in [2.45, 2.75) is 52.4 Å². The van der Waals surface area contributed by atoms with Crippen molar-refractivity contribution in [1.29, 1.82) is 0 Å². The summed E-state index contributed by atoms with van der Waals surface area (Å²) in [4.78, 5) is 0. The summed E-state index contributed by atoms with van der Waals surface area (Å²) in [5.74, 6) is 1.98. The molecule has 1 saturated heterocycles. The summed E-state index contributed by atoms with van der Waals surface area (Å²) >= 11 is 0. The average Bonchev–Trinajstić information content (AvgIpc) is 2.63. The molecule has 1 nitrogen and oxygen atoms in total. The van der Waals surface area contributed by atoms with E-state index in [-0.39, 0.29) is 0 Å². The molecule has 0 aromatic rings.